The van der Waals surface area contributed by atoms with Gasteiger partial charge >= 0.3 is 0 Å². The van der Waals surface area contributed by atoms with Gasteiger partial charge in [0.2, 0.25) is 0 Å². The molecule has 1 aromatic heterocycles. The first-order chi connectivity index (χ1) is 10.5. The van der Waals surface area contributed by atoms with Gasteiger partial charge in [-0.1, -0.05) is 47.6 Å². The maximum Gasteiger partial charge on any atom is 0.107 e. The van der Waals surface area contributed by atoms with Gasteiger partial charge in [0.1, 0.15) is 5.01 Å². The number of rotatable bonds is 3. The smallest absolute Gasteiger partial charge is 0.107 e. The van der Waals surface area contributed by atoms with Crippen molar-refractivity contribution in [3.05, 3.63) is 39.2 Å². The third-order valence-electron chi connectivity index (χ3n) is 4.11. The molecule has 0 saturated carbocycles. The van der Waals surface area contributed by atoms with Crippen molar-refractivity contribution in [1.29, 1.82) is 0 Å². The average molecular weight is 331 g/mol. The molecule has 0 amide bonds. The molecular formula is C20H30N2S. The third-order valence-corrected chi connectivity index (χ3v) is 5.08. The lowest BCUT2D eigenvalue weighted by Gasteiger charge is -2.26. The normalized spacial score (nSPS) is 12.7. The van der Waals surface area contributed by atoms with Crippen molar-refractivity contribution in [1.82, 2.24) is 10.3 Å². The van der Waals surface area contributed by atoms with Gasteiger partial charge in [-0.05, 0) is 48.1 Å². The number of nitrogens with one attached hydrogen (secondary N) is 1. The lowest BCUT2D eigenvalue weighted by Crippen LogP contribution is -2.16. The van der Waals surface area contributed by atoms with Gasteiger partial charge in [-0.2, -0.15) is 0 Å². The molecule has 2 nitrogen and oxygen atoms in total. The average Bonchev–Trinajstić information content (AvgIpc) is 2.77. The molecule has 0 radical (unpaired) electrons. The second-order valence-electron chi connectivity index (χ2n) is 8.34. The summed E-state index contributed by atoms with van der Waals surface area (Å²) in [6.07, 6.45) is 0. The molecule has 3 heteroatoms. The van der Waals surface area contributed by atoms with Crippen LogP contribution in [0.4, 0.5) is 0 Å². The molecule has 23 heavy (non-hydrogen) atoms. The summed E-state index contributed by atoms with van der Waals surface area (Å²) in [4.78, 5) is 6.16. The second-order valence-corrected chi connectivity index (χ2v) is 9.63. The van der Waals surface area contributed by atoms with Crippen LogP contribution in [0.15, 0.2) is 18.2 Å². The molecule has 2 rings (SSSR count). The molecule has 0 unspecified atom stereocenters. The van der Waals surface area contributed by atoms with Crippen LogP contribution in [0.1, 0.15) is 62.6 Å². The number of aromatic nitrogens is 1. The number of hydrogen-bond acceptors (Lipinski definition) is 3. The van der Waals surface area contributed by atoms with Crippen molar-refractivity contribution >= 4 is 11.3 Å². The SMILES string of the molecule is CNCc1nc(-c2cc(C(C)(C)C)cc(C(C)(C)C)c2)c(C)s1. The molecule has 0 aliphatic rings. The number of thiazole rings is 1. The van der Waals surface area contributed by atoms with E-state index in [0.717, 1.165) is 17.2 Å². The first kappa shape index (κ1) is 18.2. The molecule has 126 valence electrons. The van der Waals surface area contributed by atoms with Crippen molar-refractivity contribution in [3.8, 4) is 11.3 Å². The fourth-order valence-electron chi connectivity index (χ4n) is 2.58. The van der Waals surface area contributed by atoms with Gasteiger partial charge in [0.15, 0.2) is 0 Å². The van der Waals surface area contributed by atoms with E-state index in [1.54, 1.807) is 11.3 Å². The van der Waals surface area contributed by atoms with Crippen LogP contribution in [0.5, 0.6) is 0 Å². The highest BCUT2D eigenvalue weighted by molar-refractivity contribution is 7.12. The zero-order valence-electron chi connectivity index (χ0n) is 15.8. The molecule has 0 spiro atoms. The van der Waals surface area contributed by atoms with Crippen molar-refractivity contribution in [2.24, 2.45) is 0 Å². The number of benzene rings is 1. The molecule has 0 aliphatic heterocycles. The fraction of sp³-hybridized carbons (Fsp3) is 0.550. The van der Waals surface area contributed by atoms with Crippen molar-refractivity contribution in [3.63, 3.8) is 0 Å². The molecule has 2 aromatic rings. The van der Waals surface area contributed by atoms with E-state index in [9.17, 15) is 0 Å². The van der Waals surface area contributed by atoms with Crippen molar-refractivity contribution < 1.29 is 0 Å². The van der Waals surface area contributed by atoms with Crippen LogP contribution in [0.2, 0.25) is 0 Å². The first-order valence-corrected chi connectivity index (χ1v) is 9.11. The van der Waals surface area contributed by atoms with Crippen LogP contribution < -0.4 is 5.32 Å². The minimum absolute atomic E-state index is 0.133. The summed E-state index contributed by atoms with van der Waals surface area (Å²) in [5, 5.41) is 4.35. The Balaban J connectivity index is 2.62. The number of hydrogen-bond donors (Lipinski definition) is 1. The van der Waals surface area contributed by atoms with Crippen molar-refractivity contribution in [2.45, 2.75) is 65.8 Å². The Morgan fingerprint density at radius 3 is 1.91 bits per heavy atom. The van der Waals surface area contributed by atoms with Crippen LogP contribution in [0.25, 0.3) is 11.3 Å². The molecule has 0 bridgehead atoms. The second kappa shape index (κ2) is 6.37. The van der Waals surface area contributed by atoms with Gasteiger partial charge in [-0.15, -0.1) is 11.3 Å². The summed E-state index contributed by atoms with van der Waals surface area (Å²) in [6, 6.07) is 7.00. The van der Waals surface area contributed by atoms with Crippen LogP contribution in [0.3, 0.4) is 0 Å². The molecule has 1 aromatic carbocycles. The number of aryl methyl sites for hydroxylation is 1. The topological polar surface area (TPSA) is 24.9 Å². The molecule has 0 atom stereocenters. The quantitative estimate of drug-likeness (QED) is 0.811. The van der Waals surface area contributed by atoms with E-state index in [-0.39, 0.29) is 10.8 Å². The van der Waals surface area contributed by atoms with Crippen LogP contribution in [0, 0.1) is 6.92 Å². The largest absolute Gasteiger partial charge is 0.314 e. The summed E-state index contributed by atoms with van der Waals surface area (Å²) in [7, 11) is 1.97. The lowest BCUT2D eigenvalue weighted by molar-refractivity contribution is 0.569. The van der Waals surface area contributed by atoms with Crippen LogP contribution >= 0.6 is 11.3 Å². The maximum absolute atomic E-state index is 4.87. The predicted molar refractivity (Wildman–Crippen MR) is 102 cm³/mol. The minimum atomic E-state index is 0.133. The Morgan fingerprint density at radius 2 is 1.48 bits per heavy atom. The van der Waals surface area contributed by atoms with Gasteiger partial charge in [0, 0.05) is 17.0 Å². The van der Waals surface area contributed by atoms with E-state index in [0.29, 0.717) is 0 Å². The summed E-state index contributed by atoms with van der Waals surface area (Å²) in [6.45, 7) is 16.7. The first-order valence-electron chi connectivity index (χ1n) is 8.29. The number of nitrogens with zero attached hydrogens (tertiary/aromatic N) is 1. The Kier molecular flexibility index (Phi) is 5.03. The highest BCUT2D eigenvalue weighted by atomic mass is 32.1. The van der Waals surface area contributed by atoms with Gasteiger partial charge in [0.05, 0.1) is 5.69 Å². The molecule has 0 fully saturated rings. The summed E-state index contributed by atoms with van der Waals surface area (Å²) in [5.41, 5.74) is 5.40. The minimum Gasteiger partial charge on any atom is -0.314 e. The summed E-state index contributed by atoms with van der Waals surface area (Å²) in [5.74, 6) is 0. The molecule has 0 aliphatic carbocycles. The summed E-state index contributed by atoms with van der Waals surface area (Å²) < 4.78 is 0. The van der Waals surface area contributed by atoms with Gasteiger partial charge < -0.3 is 5.32 Å². The molecule has 1 heterocycles. The van der Waals surface area contributed by atoms with E-state index >= 15 is 0 Å². The standard InChI is InChI=1S/C20H30N2S/c1-13-18(22-17(23-13)12-21-8)14-9-15(19(2,3)4)11-16(10-14)20(5,6)7/h9-11,21H,12H2,1-8H3. The maximum atomic E-state index is 4.87. The monoisotopic (exact) mass is 330 g/mol. The highest BCUT2D eigenvalue weighted by Gasteiger charge is 2.22. The van der Waals surface area contributed by atoms with Gasteiger partial charge in [-0.25, -0.2) is 4.98 Å². The molecule has 0 saturated heterocycles. The Labute approximate surface area is 145 Å². The van der Waals surface area contributed by atoms with Crippen LogP contribution in [-0.2, 0) is 17.4 Å². The van der Waals surface area contributed by atoms with E-state index < -0.39 is 0 Å². The van der Waals surface area contributed by atoms with E-state index in [4.69, 9.17) is 4.98 Å². The van der Waals surface area contributed by atoms with Gasteiger partial charge in [0.25, 0.3) is 0 Å². The Morgan fingerprint density at radius 1 is 0.957 bits per heavy atom. The van der Waals surface area contributed by atoms with Gasteiger partial charge in [-0.3, -0.25) is 0 Å². The third kappa shape index (κ3) is 4.21. The highest BCUT2D eigenvalue weighted by Crippen LogP contribution is 2.35. The zero-order valence-corrected chi connectivity index (χ0v) is 16.6. The van der Waals surface area contributed by atoms with E-state index in [1.807, 2.05) is 7.05 Å². The van der Waals surface area contributed by atoms with Crippen LogP contribution in [-0.4, -0.2) is 12.0 Å². The molecule has 1 N–H and O–H groups in total. The van der Waals surface area contributed by atoms with E-state index in [2.05, 4.69) is 72.0 Å². The summed E-state index contributed by atoms with van der Waals surface area (Å²) >= 11 is 1.79. The van der Waals surface area contributed by atoms with Crippen molar-refractivity contribution in [2.75, 3.05) is 7.05 Å². The lowest BCUT2D eigenvalue weighted by atomic mass is 9.79. The predicted octanol–water partition coefficient (Wildman–Crippen LogP) is 5.43. The Hall–Kier alpha value is -1.19. The Bertz CT molecular complexity index is 652. The molecular weight excluding hydrogens is 300 g/mol. The zero-order chi connectivity index (χ0) is 17.4. The van der Waals surface area contributed by atoms with E-state index in [1.165, 1.54) is 21.6 Å². The fourth-order valence-corrected chi connectivity index (χ4v) is 3.54.